The number of fused-ring (bicyclic) bond motifs is 3. The molecule has 0 unspecified atom stereocenters. The van der Waals surface area contributed by atoms with Crippen molar-refractivity contribution in [2.75, 3.05) is 4.90 Å². The Balaban J connectivity index is 1.59. The SMILES string of the molecule is Cc1ccc([N+](=O)[O-])cc1N1C(=O)[C@@H]2[C@H](C1=O)[C@H](C(=O)c1ccc(F)cc1)N1N=CC=C[C@H]21. The van der Waals surface area contributed by atoms with Crippen molar-refractivity contribution in [2.24, 2.45) is 16.9 Å². The highest BCUT2D eigenvalue weighted by Crippen LogP contribution is 2.47. The Bertz CT molecular complexity index is 1270. The van der Waals surface area contributed by atoms with Crippen LogP contribution in [0.1, 0.15) is 15.9 Å². The van der Waals surface area contributed by atoms with Crippen molar-refractivity contribution in [3.8, 4) is 0 Å². The third-order valence-electron chi connectivity index (χ3n) is 6.33. The van der Waals surface area contributed by atoms with Crippen molar-refractivity contribution < 1.29 is 23.7 Å². The molecular formula is C23H17FN4O5. The number of non-ortho nitro benzene ring substituents is 1. The molecule has 2 amide bonds. The number of ketones is 1. The first-order valence-corrected chi connectivity index (χ1v) is 10.2. The van der Waals surface area contributed by atoms with E-state index < -0.39 is 52.3 Å². The van der Waals surface area contributed by atoms with Gasteiger partial charge in [-0.05, 0) is 42.8 Å². The minimum absolute atomic E-state index is 0.122. The number of nitrogens with zero attached hydrogens (tertiary/aromatic N) is 4. The number of anilines is 1. The van der Waals surface area contributed by atoms with Gasteiger partial charge >= 0.3 is 0 Å². The van der Waals surface area contributed by atoms with Crippen LogP contribution in [0.3, 0.4) is 0 Å². The number of nitro benzene ring substituents is 1. The van der Waals surface area contributed by atoms with E-state index in [4.69, 9.17) is 0 Å². The van der Waals surface area contributed by atoms with Crippen molar-refractivity contribution in [1.29, 1.82) is 0 Å². The summed E-state index contributed by atoms with van der Waals surface area (Å²) in [6.45, 7) is 1.64. The van der Waals surface area contributed by atoms with Crippen LogP contribution in [-0.2, 0) is 9.59 Å². The molecule has 5 rings (SSSR count). The number of benzene rings is 2. The van der Waals surface area contributed by atoms with Gasteiger partial charge in [-0.15, -0.1) is 0 Å². The average Bonchev–Trinajstić information content (AvgIpc) is 3.27. The third-order valence-corrected chi connectivity index (χ3v) is 6.33. The van der Waals surface area contributed by atoms with Crippen LogP contribution >= 0.6 is 0 Å². The standard InChI is InChI=1S/C23H17FN4O5/c1-12-4-9-15(28(32)33)11-17(12)26-22(30)18-16-3-2-10-25-27(16)20(19(18)23(26)31)21(29)13-5-7-14(24)8-6-13/h2-11,16,18-20H,1H3/t16-,18+,19+,20-/m1/s1. The first-order chi connectivity index (χ1) is 15.8. The molecule has 33 heavy (non-hydrogen) atoms. The highest BCUT2D eigenvalue weighted by molar-refractivity contribution is 6.25. The van der Waals surface area contributed by atoms with E-state index in [1.165, 1.54) is 41.6 Å². The zero-order valence-corrected chi connectivity index (χ0v) is 17.3. The maximum Gasteiger partial charge on any atom is 0.271 e. The lowest BCUT2D eigenvalue weighted by molar-refractivity contribution is -0.384. The second kappa shape index (κ2) is 7.44. The molecule has 3 aliphatic rings. The topological polar surface area (TPSA) is 113 Å². The summed E-state index contributed by atoms with van der Waals surface area (Å²) in [5.74, 6) is -4.06. The number of carbonyl (C=O) groups excluding carboxylic acids is 3. The Morgan fingerprint density at radius 3 is 2.48 bits per heavy atom. The van der Waals surface area contributed by atoms with Gasteiger partial charge in [0.1, 0.15) is 11.9 Å². The molecule has 0 spiro atoms. The minimum Gasteiger partial charge on any atom is -0.292 e. The average molecular weight is 448 g/mol. The van der Waals surface area contributed by atoms with Gasteiger partial charge in [-0.2, -0.15) is 5.10 Å². The number of halogens is 1. The first-order valence-electron chi connectivity index (χ1n) is 10.2. The number of allylic oxidation sites excluding steroid dienone is 1. The molecule has 2 fully saturated rings. The summed E-state index contributed by atoms with van der Waals surface area (Å²) in [6.07, 6.45) is 4.82. The maximum absolute atomic E-state index is 13.6. The summed E-state index contributed by atoms with van der Waals surface area (Å²) in [4.78, 5) is 52.1. The van der Waals surface area contributed by atoms with Gasteiger partial charge < -0.3 is 0 Å². The van der Waals surface area contributed by atoms with Crippen LogP contribution in [0.5, 0.6) is 0 Å². The van der Waals surface area contributed by atoms with Gasteiger partial charge in [0.2, 0.25) is 11.8 Å². The Hall–Kier alpha value is -4.21. The molecule has 0 aromatic heterocycles. The highest BCUT2D eigenvalue weighted by Gasteiger charge is 2.64. The lowest BCUT2D eigenvalue weighted by atomic mass is 9.86. The van der Waals surface area contributed by atoms with E-state index in [0.717, 1.165) is 17.0 Å². The van der Waals surface area contributed by atoms with E-state index >= 15 is 0 Å². The molecule has 0 N–H and O–H groups in total. The zero-order valence-electron chi connectivity index (χ0n) is 17.3. The second-order valence-electron chi connectivity index (χ2n) is 8.13. The van der Waals surface area contributed by atoms with Crippen molar-refractivity contribution in [1.82, 2.24) is 5.01 Å². The predicted octanol–water partition coefficient (Wildman–Crippen LogP) is 2.64. The summed E-state index contributed by atoms with van der Waals surface area (Å²) in [5.41, 5.74) is 0.570. The van der Waals surface area contributed by atoms with Crippen LogP contribution in [0.15, 0.2) is 59.7 Å². The van der Waals surface area contributed by atoms with Crippen molar-refractivity contribution in [3.05, 3.63) is 81.7 Å². The van der Waals surface area contributed by atoms with Gasteiger partial charge in [0.05, 0.1) is 28.5 Å². The summed E-state index contributed by atoms with van der Waals surface area (Å²) < 4.78 is 13.4. The Morgan fingerprint density at radius 1 is 1.09 bits per heavy atom. The molecule has 3 heterocycles. The molecule has 2 saturated heterocycles. The molecule has 10 heteroatoms. The number of hydrazone groups is 1. The third kappa shape index (κ3) is 3.05. The molecule has 4 atom stereocenters. The molecule has 0 radical (unpaired) electrons. The van der Waals surface area contributed by atoms with E-state index in [0.29, 0.717) is 5.56 Å². The van der Waals surface area contributed by atoms with Crippen molar-refractivity contribution >= 4 is 35.2 Å². The van der Waals surface area contributed by atoms with E-state index in [9.17, 15) is 28.9 Å². The maximum atomic E-state index is 13.6. The van der Waals surface area contributed by atoms with Gasteiger partial charge in [-0.1, -0.05) is 12.1 Å². The number of rotatable bonds is 4. The Labute approximate surface area is 186 Å². The summed E-state index contributed by atoms with van der Waals surface area (Å²) in [5, 5.41) is 17.0. The molecule has 2 aromatic rings. The molecule has 2 aromatic carbocycles. The van der Waals surface area contributed by atoms with Crippen LogP contribution in [0, 0.1) is 34.7 Å². The number of nitro groups is 1. The van der Waals surface area contributed by atoms with Gasteiger partial charge in [0.15, 0.2) is 5.78 Å². The zero-order chi connectivity index (χ0) is 23.4. The Kier molecular flexibility index (Phi) is 4.66. The van der Waals surface area contributed by atoms with E-state index in [1.807, 2.05) is 0 Å². The monoisotopic (exact) mass is 448 g/mol. The molecule has 0 aliphatic carbocycles. The normalized spacial score (nSPS) is 25.4. The van der Waals surface area contributed by atoms with E-state index in [1.54, 1.807) is 19.1 Å². The second-order valence-corrected chi connectivity index (χ2v) is 8.13. The number of hydrogen-bond acceptors (Lipinski definition) is 7. The highest BCUT2D eigenvalue weighted by atomic mass is 19.1. The fourth-order valence-electron chi connectivity index (χ4n) is 4.81. The largest absolute Gasteiger partial charge is 0.292 e. The van der Waals surface area contributed by atoms with E-state index in [2.05, 4.69) is 5.10 Å². The minimum atomic E-state index is -1.08. The van der Waals surface area contributed by atoms with Crippen LogP contribution in [0.4, 0.5) is 15.8 Å². The Morgan fingerprint density at radius 2 is 1.79 bits per heavy atom. The van der Waals surface area contributed by atoms with Gasteiger partial charge in [0.25, 0.3) is 5.69 Å². The van der Waals surface area contributed by atoms with Crippen molar-refractivity contribution in [3.63, 3.8) is 0 Å². The lowest BCUT2D eigenvalue weighted by Gasteiger charge is -2.30. The quantitative estimate of drug-likeness (QED) is 0.308. The molecule has 0 saturated carbocycles. The van der Waals surface area contributed by atoms with Crippen molar-refractivity contribution in [2.45, 2.75) is 19.0 Å². The van der Waals surface area contributed by atoms with Crippen LogP contribution in [0.2, 0.25) is 0 Å². The first kappa shape index (κ1) is 20.7. The van der Waals surface area contributed by atoms with Crippen LogP contribution < -0.4 is 4.90 Å². The number of hydrogen-bond donors (Lipinski definition) is 0. The number of carbonyl (C=O) groups is 3. The van der Waals surface area contributed by atoms with Gasteiger partial charge in [-0.3, -0.25) is 29.5 Å². The summed E-state index contributed by atoms with van der Waals surface area (Å²) in [6, 6.07) is 7.21. The summed E-state index contributed by atoms with van der Waals surface area (Å²) in [7, 11) is 0. The molecule has 9 nitrogen and oxygen atoms in total. The lowest BCUT2D eigenvalue weighted by Crippen LogP contribution is -2.46. The molecule has 0 bridgehead atoms. The molecule has 166 valence electrons. The van der Waals surface area contributed by atoms with Gasteiger partial charge in [0, 0.05) is 23.9 Å². The fourth-order valence-corrected chi connectivity index (χ4v) is 4.81. The summed E-state index contributed by atoms with van der Waals surface area (Å²) >= 11 is 0. The van der Waals surface area contributed by atoms with Crippen LogP contribution in [-0.4, -0.2) is 45.8 Å². The predicted molar refractivity (Wildman–Crippen MR) is 115 cm³/mol. The smallest absolute Gasteiger partial charge is 0.271 e. The number of imide groups is 1. The number of Topliss-reactive ketones (excluding diaryl/α,β-unsaturated/α-hetero) is 1. The molecular weight excluding hydrogens is 431 g/mol. The van der Waals surface area contributed by atoms with Crippen LogP contribution in [0.25, 0.3) is 0 Å². The number of aryl methyl sites for hydroxylation is 1. The number of amides is 2. The van der Waals surface area contributed by atoms with Gasteiger partial charge in [-0.25, -0.2) is 9.29 Å². The fraction of sp³-hybridized carbons (Fsp3) is 0.217. The molecule has 3 aliphatic heterocycles. The van der Waals surface area contributed by atoms with E-state index in [-0.39, 0.29) is 16.9 Å².